The van der Waals surface area contributed by atoms with Crippen LogP contribution in [-0.4, -0.2) is 52.7 Å². The molecule has 0 saturated heterocycles. The largest absolute Gasteiger partial charge is 0.357 e. The molecule has 0 fully saturated rings. The lowest BCUT2D eigenvalue weighted by atomic mass is 10.1. The normalized spacial score (nSPS) is 13.4. The van der Waals surface area contributed by atoms with Gasteiger partial charge in [-0.15, -0.1) is 0 Å². The molecule has 0 aliphatic heterocycles. The van der Waals surface area contributed by atoms with E-state index in [1.54, 1.807) is 31.2 Å². The van der Waals surface area contributed by atoms with E-state index in [1.807, 2.05) is 27.1 Å². The van der Waals surface area contributed by atoms with Gasteiger partial charge in [0.05, 0.1) is 17.5 Å². The van der Waals surface area contributed by atoms with Gasteiger partial charge in [0.25, 0.3) is 0 Å². The van der Waals surface area contributed by atoms with Crippen LogP contribution < -0.4 is 10.6 Å². The van der Waals surface area contributed by atoms with Crippen molar-refractivity contribution in [2.75, 3.05) is 33.4 Å². The number of rotatable bonds is 8. The monoisotopic (exact) mass is 434 g/mol. The first-order chi connectivity index (χ1) is 14.1. The van der Waals surface area contributed by atoms with Gasteiger partial charge in [0, 0.05) is 19.3 Å². The fourth-order valence-electron chi connectivity index (χ4n) is 3.21. The minimum Gasteiger partial charge on any atom is -0.357 e. The highest BCUT2D eigenvalue weighted by molar-refractivity contribution is 7.90. The Labute approximate surface area is 179 Å². The fourth-order valence-corrected chi connectivity index (χ4v) is 4.17. The van der Waals surface area contributed by atoms with Crippen LogP contribution in [0.1, 0.15) is 29.7 Å². The molecule has 1 unspecified atom stereocenters. The SMILES string of the molecule is CCNC(=NCc1ccc(S(C)(=O)=O)c(C)c1)NCC(c1ccc(F)cc1)N(C)C. The van der Waals surface area contributed by atoms with Gasteiger partial charge in [-0.25, -0.2) is 17.8 Å². The van der Waals surface area contributed by atoms with Crippen LogP contribution in [-0.2, 0) is 16.4 Å². The number of hydrogen-bond donors (Lipinski definition) is 2. The average molecular weight is 435 g/mol. The van der Waals surface area contributed by atoms with E-state index in [9.17, 15) is 12.8 Å². The molecule has 164 valence electrons. The van der Waals surface area contributed by atoms with Crippen LogP contribution in [0.5, 0.6) is 0 Å². The Hall–Kier alpha value is -2.45. The maximum atomic E-state index is 13.3. The van der Waals surface area contributed by atoms with E-state index in [4.69, 9.17) is 0 Å². The molecule has 0 bridgehead atoms. The summed E-state index contributed by atoms with van der Waals surface area (Å²) in [6.07, 6.45) is 1.21. The smallest absolute Gasteiger partial charge is 0.191 e. The Morgan fingerprint density at radius 2 is 1.80 bits per heavy atom. The zero-order chi connectivity index (χ0) is 22.3. The first-order valence-corrected chi connectivity index (χ1v) is 11.7. The van der Waals surface area contributed by atoms with Crippen LogP contribution in [0.4, 0.5) is 4.39 Å². The molecule has 30 heavy (non-hydrogen) atoms. The number of aliphatic imine (C=N–C) groups is 1. The van der Waals surface area contributed by atoms with Crippen molar-refractivity contribution < 1.29 is 12.8 Å². The summed E-state index contributed by atoms with van der Waals surface area (Å²) in [6, 6.07) is 11.8. The van der Waals surface area contributed by atoms with Gasteiger partial charge in [-0.1, -0.05) is 24.3 Å². The van der Waals surface area contributed by atoms with Gasteiger partial charge >= 0.3 is 0 Å². The van der Waals surface area contributed by atoms with Crippen molar-refractivity contribution in [3.05, 3.63) is 65.0 Å². The van der Waals surface area contributed by atoms with Crippen molar-refractivity contribution in [3.63, 3.8) is 0 Å². The number of nitrogens with one attached hydrogen (secondary N) is 2. The third-order valence-electron chi connectivity index (χ3n) is 4.74. The summed E-state index contributed by atoms with van der Waals surface area (Å²) in [6.45, 7) is 5.50. The minimum absolute atomic E-state index is 0.0470. The number of hydrogen-bond acceptors (Lipinski definition) is 4. The maximum Gasteiger partial charge on any atom is 0.191 e. The van der Waals surface area contributed by atoms with E-state index in [0.29, 0.717) is 36.1 Å². The Bertz CT molecular complexity index is 973. The highest BCUT2D eigenvalue weighted by Crippen LogP contribution is 2.18. The summed E-state index contributed by atoms with van der Waals surface area (Å²) >= 11 is 0. The standard InChI is InChI=1S/C22H31FN4O2S/c1-6-24-22(25-14-17-7-12-21(16(2)13-17)30(5,28)29)26-15-20(27(3)4)18-8-10-19(23)11-9-18/h7-13,20H,6,14-15H2,1-5H3,(H2,24,25,26). The molecule has 2 rings (SSSR count). The van der Waals surface area contributed by atoms with E-state index in [-0.39, 0.29) is 11.9 Å². The third kappa shape index (κ3) is 6.81. The number of benzene rings is 2. The highest BCUT2D eigenvalue weighted by Gasteiger charge is 2.15. The van der Waals surface area contributed by atoms with Gasteiger partial charge < -0.3 is 15.5 Å². The van der Waals surface area contributed by atoms with Crippen molar-refractivity contribution in [3.8, 4) is 0 Å². The lowest BCUT2D eigenvalue weighted by Gasteiger charge is -2.26. The van der Waals surface area contributed by atoms with E-state index in [2.05, 4.69) is 20.5 Å². The Balaban J connectivity index is 2.11. The first-order valence-electron chi connectivity index (χ1n) is 9.85. The van der Waals surface area contributed by atoms with Crippen LogP contribution in [0.15, 0.2) is 52.4 Å². The quantitative estimate of drug-likeness (QED) is 0.494. The molecular weight excluding hydrogens is 403 g/mol. The number of guanidine groups is 1. The van der Waals surface area contributed by atoms with Gasteiger partial charge in [0.15, 0.2) is 15.8 Å². The second-order valence-electron chi connectivity index (χ2n) is 7.48. The number of sulfone groups is 1. The molecule has 0 radical (unpaired) electrons. The van der Waals surface area contributed by atoms with E-state index in [0.717, 1.165) is 11.1 Å². The minimum atomic E-state index is -3.23. The first kappa shape index (κ1) is 23.8. The summed E-state index contributed by atoms with van der Waals surface area (Å²) in [7, 11) is 0.722. The number of halogens is 1. The zero-order valence-corrected chi connectivity index (χ0v) is 19.1. The van der Waals surface area contributed by atoms with Gasteiger partial charge in [0.1, 0.15) is 5.82 Å². The summed E-state index contributed by atoms with van der Waals surface area (Å²) < 4.78 is 36.8. The molecule has 0 aromatic heterocycles. The van der Waals surface area contributed by atoms with Crippen molar-refractivity contribution in [1.29, 1.82) is 0 Å². The van der Waals surface area contributed by atoms with Crippen molar-refractivity contribution in [2.24, 2.45) is 4.99 Å². The Kier molecular flexibility index (Phi) is 8.37. The number of nitrogens with zero attached hydrogens (tertiary/aromatic N) is 2. The van der Waals surface area contributed by atoms with Crippen LogP contribution in [0.3, 0.4) is 0 Å². The maximum absolute atomic E-state index is 13.3. The summed E-state index contributed by atoms with van der Waals surface area (Å²) in [5.74, 6) is 0.410. The average Bonchev–Trinajstić information content (AvgIpc) is 2.66. The Morgan fingerprint density at radius 1 is 1.13 bits per heavy atom. The van der Waals surface area contributed by atoms with Gasteiger partial charge in [-0.3, -0.25) is 0 Å². The van der Waals surface area contributed by atoms with Crippen LogP contribution >= 0.6 is 0 Å². The number of likely N-dealkylation sites (N-methyl/N-ethyl adjacent to an activating group) is 1. The summed E-state index contributed by atoms with van der Waals surface area (Å²) in [4.78, 5) is 7.03. The van der Waals surface area contributed by atoms with E-state index in [1.165, 1.54) is 18.4 Å². The molecule has 2 aromatic carbocycles. The topological polar surface area (TPSA) is 73.8 Å². The molecule has 1 atom stereocenters. The van der Waals surface area contributed by atoms with E-state index < -0.39 is 9.84 Å². The second kappa shape index (κ2) is 10.5. The molecule has 2 aromatic rings. The molecule has 2 N–H and O–H groups in total. The molecule has 0 spiro atoms. The molecule has 0 aliphatic carbocycles. The van der Waals surface area contributed by atoms with Crippen molar-refractivity contribution in [2.45, 2.75) is 31.3 Å². The van der Waals surface area contributed by atoms with Crippen LogP contribution in [0, 0.1) is 12.7 Å². The predicted octanol–water partition coefficient (Wildman–Crippen LogP) is 2.90. The summed E-state index contributed by atoms with van der Waals surface area (Å²) in [5, 5.41) is 6.57. The van der Waals surface area contributed by atoms with Crippen molar-refractivity contribution >= 4 is 15.8 Å². The molecule has 0 saturated carbocycles. The second-order valence-corrected chi connectivity index (χ2v) is 9.46. The van der Waals surface area contributed by atoms with Gasteiger partial charge in [-0.2, -0.15) is 0 Å². The molecular formula is C22H31FN4O2S. The Morgan fingerprint density at radius 3 is 2.33 bits per heavy atom. The van der Waals surface area contributed by atoms with Gasteiger partial charge in [0.2, 0.25) is 0 Å². The lowest BCUT2D eigenvalue weighted by Crippen LogP contribution is -2.41. The predicted molar refractivity (Wildman–Crippen MR) is 120 cm³/mol. The molecule has 0 aliphatic rings. The van der Waals surface area contributed by atoms with Gasteiger partial charge in [-0.05, 0) is 62.8 Å². The molecule has 6 nitrogen and oxygen atoms in total. The third-order valence-corrected chi connectivity index (χ3v) is 6.00. The lowest BCUT2D eigenvalue weighted by molar-refractivity contribution is 0.298. The zero-order valence-electron chi connectivity index (χ0n) is 18.2. The summed E-state index contributed by atoms with van der Waals surface area (Å²) in [5.41, 5.74) is 2.66. The van der Waals surface area contributed by atoms with Crippen molar-refractivity contribution in [1.82, 2.24) is 15.5 Å². The van der Waals surface area contributed by atoms with Crippen LogP contribution in [0.2, 0.25) is 0 Å². The van der Waals surface area contributed by atoms with E-state index >= 15 is 0 Å². The fraction of sp³-hybridized carbons (Fsp3) is 0.409. The molecule has 0 heterocycles. The molecule has 0 amide bonds. The van der Waals surface area contributed by atoms with Crippen LogP contribution in [0.25, 0.3) is 0 Å². The molecule has 8 heteroatoms. The number of aryl methyl sites for hydroxylation is 1. The highest BCUT2D eigenvalue weighted by atomic mass is 32.2.